The molecular formula is C41H29N5. The summed E-state index contributed by atoms with van der Waals surface area (Å²) in [5, 5.41) is 4.83. The van der Waals surface area contributed by atoms with Crippen LogP contribution in [-0.4, -0.2) is 20.7 Å². The van der Waals surface area contributed by atoms with Gasteiger partial charge in [-0.05, 0) is 47.0 Å². The number of dihydropyridines is 1. The van der Waals surface area contributed by atoms with Gasteiger partial charge in [0.25, 0.3) is 0 Å². The van der Waals surface area contributed by atoms with Gasteiger partial charge in [0.15, 0.2) is 0 Å². The minimum absolute atomic E-state index is 0.0872. The lowest BCUT2D eigenvalue weighted by atomic mass is 9.85. The van der Waals surface area contributed by atoms with Crippen LogP contribution in [0.1, 0.15) is 40.2 Å². The molecule has 1 aliphatic carbocycles. The second kappa shape index (κ2) is 10.9. The van der Waals surface area contributed by atoms with E-state index in [2.05, 4.69) is 115 Å². The Labute approximate surface area is 267 Å². The first-order valence-electron chi connectivity index (χ1n) is 15.7. The molecule has 0 spiro atoms. The average molecular weight is 592 g/mol. The van der Waals surface area contributed by atoms with Crippen LogP contribution in [0.2, 0.25) is 0 Å². The fourth-order valence-corrected chi connectivity index (χ4v) is 6.61. The van der Waals surface area contributed by atoms with Crippen LogP contribution in [-0.2, 0) is 0 Å². The molecule has 3 aliphatic rings. The Morgan fingerprint density at radius 2 is 1.24 bits per heavy atom. The lowest BCUT2D eigenvalue weighted by Crippen LogP contribution is -2.20. The van der Waals surface area contributed by atoms with E-state index >= 15 is 0 Å². The minimum Gasteiger partial charge on any atom is -0.372 e. The summed E-state index contributed by atoms with van der Waals surface area (Å²) in [5.41, 5.74) is 11.8. The molecule has 218 valence electrons. The predicted molar refractivity (Wildman–Crippen MR) is 187 cm³/mol. The van der Waals surface area contributed by atoms with Gasteiger partial charge in [-0.1, -0.05) is 121 Å². The molecule has 2 unspecified atom stereocenters. The number of hydrogen-bond acceptors (Lipinski definition) is 5. The molecule has 0 radical (unpaired) electrons. The van der Waals surface area contributed by atoms with Crippen molar-refractivity contribution < 1.29 is 0 Å². The molecule has 6 aromatic rings. The second-order valence-corrected chi connectivity index (χ2v) is 11.9. The summed E-state index contributed by atoms with van der Waals surface area (Å²) in [6.07, 6.45) is 13.1. The van der Waals surface area contributed by atoms with Crippen molar-refractivity contribution in [2.24, 2.45) is 10.9 Å². The Balaban J connectivity index is 1.06. The molecule has 9 rings (SSSR count). The molecule has 0 bridgehead atoms. The summed E-state index contributed by atoms with van der Waals surface area (Å²) in [4.78, 5) is 20.6. The largest absolute Gasteiger partial charge is 0.372 e. The highest BCUT2D eigenvalue weighted by atomic mass is 15.0. The zero-order chi connectivity index (χ0) is 30.5. The molecule has 5 heterocycles. The number of benzene rings is 3. The van der Waals surface area contributed by atoms with E-state index in [0.29, 0.717) is 0 Å². The van der Waals surface area contributed by atoms with Gasteiger partial charge in [0.2, 0.25) is 0 Å². The van der Waals surface area contributed by atoms with Crippen molar-refractivity contribution in [3.63, 3.8) is 0 Å². The second-order valence-electron chi connectivity index (χ2n) is 11.9. The van der Waals surface area contributed by atoms with Crippen molar-refractivity contribution in [3.05, 3.63) is 168 Å². The number of anilines is 1. The number of pyridine rings is 3. The van der Waals surface area contributed by atoms with Crippen LogP contribution < -0.4 is 5.32 Å². The molecule has 3 aromatic heterocycles. The van der Waals surface area contributed by atoms with Crippen LogP contribution in [0.3, 0.4) is 0 Å². The zero-order valence-electron chi connectivity index (χ0n) is 25.0. The molecule has 0 amide bonds. The maximum Gasteiger partial charge on any atom is 0.103 e. The third-order valence-electron chi connectivity index (χ3n) is 9.02. The quantitative estimate of drug-likeness (QED) is 0.222. The number of hydrogen-bond donors (Lipinski definition) is 1. The standard InChI is InChI=1S/C41H29N5/c1-3-8-26(9-4-1)32-22-18-28-14-16-30-20-24-36(45-40(30)38(28)43-32)34-12-7-13-35(42-34)37-25-21-31-17-15-29-19-23-33(27-10-5-2-6-11-27)44-39(29)41(31)46-37/h1-25,30,33,40,44H/t30-,33?,40?/m1/s1. The predicted octanol–water partition coefficient (Wildman–Crippen LogP) is 9.28. The summed E-state index contributed by atoms with van der Waals surface area (Å²) in [6.45, 7) is 0. The van der Waals surface area contributed by atoms with E-state index in [9.17, 15) is 0 Å². The van der Waals surface area contributed by atoms with Crippen molar-refractivity contribution in [1.29, 1.82) is 0 Å². The molecule has 3 atom stereocenters. The lowest BCUT2D eigenvalue weighted by Gasteiger charge is -2.27. The summed E-state index contributed by atoms with van der Waals surface area (Å²) in [7, 11) is 0. The maximum absolute atomic E-state index is 5.25. The highest BCUT2D eigenvalue weighted by molar-refractivity contribution is 6.08. The molecule has 0 saturated carbocycles. The molecule has 1 N–H and O–H groups in total. The Hall–Kier alpha value is -5.94. The van der Waals surface area contributed by atoms with Gasteiger partial charge in [0.05, 0.1) is 51.4 Å². The first kappa shape index (κ1) is 26.5. The van der Waals surface area contributed by atoms with E-state index in [1.165, 1.54) is 5.56 Å². The van der Waals surface area contributed by atoms with E-state index in [-0.39, 0.29) is 18.0 Å². The number of nitrogens with zero attached hydrogens (tertiary/aromatic N) is 4. The molecule has 5 nitrogen and oxygen atoms in total. The number of rotatable bonds is 4. The van der Waals surface area contributed by atoms with E-state index in [0.717, 1.165) is 67.5 Å². The molecule has 2 aliphatic heterocycles. The van der Waals surface area contributed by atoms with Gasteiger partial charge in [-0.3, -0.25) is 4.99 Å². The average Bonchev–Trinajstić information content (AvgIpc) is 3.14. The zero-order valence-corrected chi connectivity index (χ0v) is 25.0. The number of allylic oxidation sites excluding steroid dienone is 1. The van der Waals surface area contributed by atoms with Gasteiger partial charge in [-0.2, -0.15) is 0 Å². The van der Waals surface area contributed by atoms with Gasteiger partial charge < -0.3 is 5.32 Å². The van der Waals surface area contributed by atoms with Gasteiger partial charge in [-0.25, -0.2) is 15.0 Å². The topological polar surface area (TPSA) is 63.1 Å². The van der Waals surface area contributed by atoms with Crippen LogP contribution in [0.4, 0.5) is 5.69 Å². The number of fused-ring (bicyclic) bond motifs is 6. The van der Waals surface area contributed by atoms with E-state index in [1.54, 1.807) is 0 Å². The van der Waals surface area contributed by atoms with Crippen LogP contribution in [0, 0.1) is 5.92 Å². The van der Waals surface area contributed by atoms with Gasteiger partial charge in [0.1, 0.15) is 6.04 Å². The smallest absolute Gasteiger partial charge is 0.103 e. The summed E-state index contributed by atoms with van der Waals surface area (Å²) in [6, 6.07) is 39.6. The van der Waals surface area contributed by atoms with Gasteiger partial charge in [0, 0.05) is 16.9 Å². The fraction of sp³-hybridized carbons (Fsp3) is 0.0732. The van der Waals surface area contributed by atoms with Crippen LogP contribution in [0.15, 0.2) is 145 Å². The van der Waals surface area contributed by atoms with Crippen LogP contribution in [0.25, 0.3) is 45.7 Å². The van der Waals surface area contributed by atoms with E-state index in [4.69, 9.17) is 19.9 Å². The third kappa shape index (κ3) is 4.65. The van der Waals surface area contributed by atoms with E-state index in [1.807, 2.05) is 42.5 Å². The molecule has 3 aromatic carbocycles. The van der Waals surface area contributed by atoms with Crippen LogP contribution >= 0.6 is 0 Å². The summed E-state index contributed by atoms with van der Waals surface area (Å²) < 4.78 is 0. The minimum atomic E-state index is -0.101. The first-order valence-corrected chi connectivity index (χ1v) is 15.7. The summed E-state index contributed by atoms with van der Waals surface area (Å²) in [5.74, 6) is 0.160. The Morgan fingerprint density at radius 1 is 0.522 bits per heavy atom. The Bertz CT molecular complexity index is 2250. The highest BCUT2D eigenvalue weighted by Crippen LogP contribution is 2.39. The fourth-order valence-electron chi connectivity index (χ4n) is 6.61. The Morgan fingerprint density at radius 3 is 2.13 bits per heavy atom. The molecular weight excluding hydrogens is 562 g/mol. The molecule has 0 saturated heterocycles. The first-order chi connectivity index (χ1) is 22.8. The van der Waals surface area contributed by atoms with Crippen molar-refractivity contribution in [2.45, 2.75) is 12.1 Å². The lowest BCUT2D eigenvalue weighted by molar-refractivity contribution is 0.592. The number of aromatic nitrogens is 3. The van der Waals surface area contributed by atoms with Crippen molar-refractivity contribution in [1.82, 2.24) is 15.0 Å². The molecule has 5 heteroatoms. The van der Waals surface area contributed by atoms with Crippen molar-refractivity contribution >= 4 is 34.5 Å². The third-order valence-corrected chi connectivity index (χ3v) is 9.02. The summed E-state index contributed by atoms with van der Waals surface area (Å²) >= 11 is 0. The van der Waals surface area contributed by atoms with Gasteiger partial charge in [-0.15, -0.1) is 0 Å². The molecule has 46 heavy (non-hydrogen) atoms. The highest BCUT2D eigenvalue weighted by Gasteiger charge is 2.29. The monoisotopic (exact) mass is 591 g/mol. The molecule has 0 fully saturated rings. The van der Waals surface area contributed by atoms with Crippen molar-refractivity contribution in [2.75, 3.05) is 5.32 Å². The normalized spacial score (nSPS) is 19.1. The SMILES string of the molecule is C1=C[C@H]2C=Cc3ccc(-c4ccccc4)nc3C2N=C1c1cccc(-c2ccc3ccc4c(c3n2)NC(c2ccccc2)C=C4)n1. The number of aliphatic imine (C=N–C) groups is 1. The Kier molecular flexibility index (Phi) is 6.27. The number of nitrogens with one attached hydrogen (secondary N) is 1. The van der Waals surface area contributed by atoms with Gasteiger partial charge >= 0.3 is 0 Å². The van der Waals surface area contributed by atoms with Crippen LogP contribution in [0.5, 0.6) is 0 Å². The van der Waals surface area contributed by atoms with E-state index < -0.39 is 0 Å². The van der Waals surface area contributed by atoms with Crippen molar-refractivity contribution in [3.8, 4) is 22.6 Å². The maximum atomic E-state index is 5.25.